The highest BCUT2D eigenvalue weighted by atomic mass is 16.8. The number of rotatable bonds is 15. The number of methoxy groups -OCH3 is 4. The van der Waals surface area contributed by atoms with Crippen LogP contribution in [-0.2, 0) is 71.2 Å². The highest BCUT2D eigenvalue weighted by Crippen LogP contribution is 2.68. The van der Waals surface area contributed by atoms with E-state index in [9.17, 15) is 19.8 Å². The molecule has 4 aliphatic heterocycles. The van der Waals surface area contributed by atoms with Gasteiger partial charge in [-0.25, -0.2) is 4.79 Å². The molecule has 7 fully saturated rings. The maximum absolute atomic E-state index is 13.4. The van der Waals surface area contributed by atoms with Crippen molar-refractivity contribution in [2.24, 2.45) is 28.6 Å². The Morgan fingerprint density at radius 1 is 0.662 bits per heavy atom. The van der Waals surface area contributed by atoms with E-state index in [1.807, 2.05) is 34.6 Å². The Kier molecular flexibility index (Phi) is 17.4. The summed E-state index contributed by atoms with van der Waals surface area (Å²) < 4.78 is 81.8. The first-order valence-corrected chi connectivity index (χ1v) is 26.5. The molecule has 71 heavy (non-hydrogen) atoms. The topological polar surface area (TPSA) is 195 Å². The summed E-state index contributed by atoms with van der Waals surface area (Å²) in [7, 11) is 6.56. The van der Waals surface area contributed by atoms with E-state index in [0.717, 1.165) is 19.3 Å². The van der Waals surface area contributed by atoms with Gasteiger partial charge in [-0.15, -0.1) is 0 Å². The molecule has 0 amide bonds. The molecule has 404 valence electrons. The monoisotopic (exact) mass is 1010 g/mol. The normalized spacial score (nSPS) is 49.3. The number of allylic oxidation sites excluding steroid dienone is 2. The summed E-state index contributed by atoms with van der Waals surface area (Å²) in [5, 5.41) is 23.3. The Hall–Kier alpha value is -1.94. The fourth-order valence-electron chi connectivity index (χ4n) is 14.4. The van der Waals surface area contributed by atoms with Gasteiger partial charge in [-0.3, -0.25) is 4.79 Å². The summed E-state index contributed by atoms with van der Waals surface area (Å²) in [4.78, 5) is 26.5. The Labute approximate surface area is 421 Å². The van der Waals surface area contributed by atoms with Gasteiger partial charge >= 0.3 is 5.97 Å². The van der Waals surface area contributed by atoms with E-state index < -0.39 is 91.1 Å². The van der Waals surface area contributed by atoms with Gasteiger partial charge < -0.3 is 71.8 Å². The molecule has 2 N–H and O–H groups in total. The average Bonchev–Trinajstić information content (AvgIpc) is 3.63. The molecular weight excluding hydrogens is 921 g/mol. The number of esters is 1. The molecule has 3 saturated carbocycles. The Balaban J connectivity index is 0.855. The molecule has 24 unspecified atom stereocenters. The molecule has 0 bridgehead atoms. The highest BCUT2D eigenvalue weighted by molar-refractivity contribution is 5.88. The summed E-state index contributed by atoms with van der Waals surface area (Å²) in [6.45, 7) is 17.1. The van der Waals surface area contributed by atoms with Gasteiger partial charge in [0.15, 0.2) is 25.2 Å². The molecule has 8 rings (SSSR count). The lowest BCUT2D eigenvalue weighted by atomic mass is 9.45. The molecule has 4 aliphatic carbocycles. The van der Waals surface area contributed by atoms with E-state index in [0.29, 0.717) is 56.9 Å². The van der Waals surface area contributed by atoms with E-state index in [1.165, 1.54) is 5.57 Å². The summed E-state index contributed by atoms with van der Waals surface area (Å²) in [6.07, 6.45) is 2.27. The average molecular weight is 1010 g/mol. The molecule has 4 saturated heterocycles. The minimum atomic E-state index is -1.15. The third-order valence-electron chi connectivity index (χ3n) is 18.8. The first-order chi connectivity index (χ1) is 33.7. The summed E-state index contributed by atoms with van der Waals surface area (Å²) >= 11 is 0. The Bertz CT molecular complexity index is 1910. The van der Waals surface area contributed by atoms with E-state index >= 15 is 0 Å². The minimum absolute atomic E-state index is 0.0422. The van der Waals surface area contributed by atoms with Gasteiger partial charge in [0.1, 0.15) is 36.3 Å². The van der Waals surface area contributed by atoms with Crippen LogP contribution in [0.4, 0.5) is 0 Å². The van der Waals surface area contributed by atoms with Gasteiger partial charge in [0.05, 0.1) is 60.5 Å². The summed E-state index contributed by atoms with van der Waals surface area (Å²) in [6, 6.07) is 0. The third-order valence-corrected chi connectivity index (χ3v) is 18.8. The van der Waals surface area contributed by atoms with Gasteiger partial charge in [0.2, 0.25) is 0 Å². The zero-order valence-electron chi connectivity index (χ0n) is 44.6. The number of ketones is 1. The maximum atomic E-state index is 13.4. The van der Waals surface area contributed by atoms with Crippen molar-refractivity contribution in [3.63, 3.8) is 0 Å². The lowest BCUT2D eigenvalue weighted by Gasteiger charge is -2.63. The zero-order chi connectivity index (χ0) is 51.3. The van der Waals surface area contributed by atoms with Gasteiger partial charge in [-0.1, -0.05) is 31.6 Å². The number of hydrogen-bond donors (Lipinski definition) is 2. The maximum Gasteiger partial charge on any atom is 0.333 e. The van der Waals surface area contributed by atoms with Gasteiger partial charge in [-0.05, 0) is 111 Å². The van der Waals surface area contributed by atoms with Crippen molar-refractivity contribution in [3.8, 4) is 0 Å². The Morgan fingerprint density at radius 3 is 1.62 bits per heavy atom. The van der Waals surface area contributed by atoms with Crippen LogP contribution in [0.25, 0.3) is 0 Å². The lowest BCUT2D eigenvalue weighted by Crippen LogP contribution is -2.66. The highest BCUT2D eigenvalue weighted by Gasteiger charge is 2.71. The molecular formula is C54H86O17. The molecule has 0 radical (unpaired) electrons. The van der Waals surface area contributed by atoms with Crippen molar-refractivity contribution in [1.82, 2.24) is 0 Å². The number of carbonyl (C=O) groups excluding carboxylic acids is 2. The van der Waals surface area contributed by atoms with E-state index in [1.54, 1.807) is 55.3 Å². The van der Waals surface area contributed by atoms with Crippen LogP contribution in [0, 0.1) is 28.6 Å². The van der Waals surface area contributed by atoms with Crippen LogP contribution in [0.5, 0.6) is 0 Å². The van der Waals surface area contributed by atoms with Crippen molar-refractivity contribution in [3.05, 3.63) is 23.3 Å². The summed E-state index contributed by atoms with van der Waals surface area (Å²) in [5.41, 5.74) is -0.429. The number of ether oxygens (including phenoxy) is 13. The van der Waals surface area contributed by atoms with Crippen molar-refractivity contribution >= 4 is 11.8 Å². The third kappa shape index (κ3) is 10.5. The van der Waals surface area contributed by atoms with E-state index in [4.69, 9.17) is 61.6 Å². The number of aliphatic hydroxyl groups excluding tert-OH is 1. The first kappa shape index (κ1) is 55.3. The number of fused-ring (bicyclic) bond motifs is 5. The molecule has 17 heteroatoms. The number of carbonyl (C=O) groups is 2. The number of hydrogen-bond acceptors (Lipinski definition) is 17. The molecule has 17 nitrogen and oxygen atoms in total. The fraction of sp³-hybridized carbons (Fsp3) is 0.889. The van der Waals surface area contributed by atoms with Crippen LogP contribution in [0.15, 0.2) is 23.3 Å². The van der Waals surface area contributed by atoms with Crippen molar-refractivity contribution in [2.75, 3.05) is 28.4 Å². The SMILES string of the molecule is C/C=C(\C)C(=O)OC1CC2C(CC=C3CC(OC4CC(OC)C(OC5CC(OC)C(OC6CC(OC)C(OC7CC(OC)C(O)C(C)O7)C(C)O6)C(C)O5)C(C)O4)CCC32C)C2(O)CCC(C(C)=O)C12C. The smallest absolute Gasteiger partial charge is 0.333 e. The second-order valence-electron chi connectivity index (χ2n) is 22.5. The zero-order valence-corrected chi connectivity index (χ0v) is 44.6. The fourth-order valence-corrected chi connectivity index (χ4v) is 14.4. The van der Waals surface area contributed by atoms with E-state index in [2.05, 4.69) is 13.0 Å². The predicted octanol–water partition coefficient (Wildman–Crippen LogP) is 6.26. The van der Waals surface area contributed by atoms with Crippen LogP contribution in [0.1, 0.15) is 133 Å². The van der Waals surface area contributed by atoms with Crippen LogP contribution < -0.4 is 0 Å². The van der Waals surface area contributed by atoms with Crippen LogP contribution >= 0.6 is 0 Å². The van der Waals surface area contributed by atoms with Crippen molar-refractivity contribution in [1.29, 1.82) is 0 Å². The predicted molar refractivity (Wildman–Crippen MR) is 257 cm³/mol. The van der Waals surface area contributed by atoms with E-state index in [-0.39, 0.29) is 65.4 Å². The number of aliphatic hydroxyl groups is 2. The standard InChI is InChI=1S/C54H86O17/c1-14-27(2)51(57)68-42-22-37-36(54(58)20-18-35(28(3)55)53(42,54)9)16-15-33-21-34(17-19-52(33,37)8)67-43-24-39(60-11)48(30(5)64-43)70-45-26-41(62-13)50(32(7)66-45)71-46-25-40(61-12)49(31(6)65-46)69-44-23-38(59-10)47(56)29(4)63-44/h14-15,29-32,34-50,56,58H,16-26H2,1-13H3/b27-14+. The summed E-state index contributed by atoms with van der Waals surface area (Å²) in [5.74, 6) is -0.718. The molecule has 0 spiro atoms. The molecule has 4 heterocycles. The van der Waals surface area contributed by atoms with Crippen molar-refractivity contribution < 1.29 is 81.4 Å². The van der Waals surface area contributed by atoms with Crippen LogP contribution in [0.2, 0.25) is 0 Å². The lowest BCUT2D eigenvalue weighted by molar-refractivity contribution is -0.347. The van der Waals surface area contributed by atoms with Crippen LogP contribution in [0.3, 0.4) is 0 Å². The molecule has 8 aliphatic rings. The quantitative estimate of drug-likeness (QED) is 0.106. The molecule has 0 aromatic carbocycles. The van der Waals surface area contributed by atoms with Crippen LogP contribution in [-0.4, -0.2) is 167 Å². The first-order valence-electron chi connectivity index (χ1n) is 26.5. The second-order valence-corrected chi connectivity index (χ2v) is 22.5. The molecule has 0 aromatic heterocycles. The minimum Gasteiger partial charge on any atom is -0.458 e. The molecule has 0 aromatic rings. The van der Waals surface area contributed by atoms with Gasteiger partial charge in [-0.2, -0.15) is 0 Å². The Morgan fingerprint density at radius 2 is 1.14 bits per heavy atom. The van der Waals surface area contributed by atoms with Crippen molar-refractivity contribution in [2.45, 2.75) is 249 Å². The number of Topliss-reactive ketones (excluding diaryl/α,β-unsaturated/α-hetero) is 1. The second kappa shape index (κ2) is 22.3. The van der Waals surface area contributed by atoms with Gasteiger partial charge in [0, 0.05) is 71.0 Å². The van der Waals surface area contributed by atoms with Gasteiger partial charge in [0.25, 0.3) is 0 Å². The molecule has 24 atom stereocenters. The largest absolute Gasteiger partial charge is 0.458 e.